The molecule has 0 fully saturated rings. The quantitative estimate of drug-likeness (QED) is 0.663. The van der Waals surface area contributed by atoms with Gasteiger partial charge in [0, 0.05) is 25.7 Å². The molecule has 2 heterocycles. The SMILES string of the molecule is C[C@@H]1CN([C@H](C)CO)C(=O)c2cc(/C=C/c3ccccc3)cnc2O[C@H]1CN(C)S(C)(=O)=O. The molecule has 9 heteroatoms. The molecule has 3 rings (SSSR count). The van der Waals surface area contributed by atoms with Crippen molar-refractivity contribution in [1.29, 1.82) is 0 Å². The Kier molecular flexibility index (Phi) is 7.88. The molecule has 1 amide bonds. The Labute approximate surface area is 195 Å². The standard InChI is InChI=1S/C24H31N3O5S/c1-17-14-27(18(2)16-28)24(29)21-12-20(11-10-19-8-6-5-7-9-19)13-25-23(21)32-22(17)15-26(3)33(4,30)31/h5-13,17-18,22,28H,14-16H2,1-4H3/b11-10+/t17-,18-,22+/m1/s1. The average molecular weight is 474 g/mol. The number of likely N-dealkylation sites (N-methyl/N-ethyl adjacent to an activating group) is 1. The van der Waals surface area contributed by atoms with Crippen molar-refractivity contribution < 1.29 is 23.1 Å². The molecule has 33 heavy (non-hydrogen) atoms. The number of benzene rings is 1. The van der Waals surface area contributed by atoms with Gasteiger partial charge in [-0.25, -0.2) is 17.7 Å². The van der Waals surface area contributed by atoms with Gasteiger partial charge in [0.1, 0.15) is 11.7 Å². The van der Waals surface area contributed by atoms with Crippen LogP contribution in [0.2, 0.25) is 0 Å². The molecule has 1 N–H and O–H groups in total. The molecule has 0 saturated heterocycles. The fourth-order valence-electron chi connectivity index (χ4n) is 3.57. The van der Waals surface area contributed by atoms with Crippen LogP contribution in [-0.2, 0) is 10.0 Å². The number of hydrogen-bond acceptors (Lipinski definition) is 6. The first kappa shape index (κ1) is 24.9. The van der Waals surface area contributed by atoms with Gasteiger partial charge < -0.3 is 14.7 Å². The van der Waals surface area contributed by atoms with Gasteiger partial charge in [0.25, 0.3) is 5.91 Å². The fourth-order valence-corrected chi connectivity index (χ4v) is 3.99. The summed E-state index contributed by atoms with van der Waals surface area (Å²) in [7, 11) is -1.91. The monoisotopic (exact) mass is 473 g/mol. The van der Waals surface area contributed by atoms with Crippen molar-refractivity contribution in [2.45, 2.75) is 26.0 Å². The zero-order valence-electron chi connectivity index (χ0n) is 19.4. The molecule has 0 bridgehead atoms. The topological polar surface area (TPSA) is 100 Å². The molecule has 0 unspecified atom stereocenters. The van der Waals surface area contributed by atoms with E-state index in [2.05, 4.69) is 4.98 Å². The number of aliphatic hydroxyl groups is 1. The summed E-state index contributed by atoms with van der Waals surface area (Å²) < 4.78 is 31.3. The maximum absolute atomic E-state index is 13.4. The van der Waals surface area contributed by atoms with Gasteiger partial charge in [-0.1, -0.05) is 49.4 Å². The van der Waals surface area contributed by atoms with E-state index in [9.17, 15) is 18.3 Å². The minimum atomic E-state index is -3.41. The Morgan fingerprint density at radius 1 is 1.27 bits per heavy atom. The summed E-state index contributed by atoms with van der Waals surface area (Å²) in [6.07, 6.45) is 6.03. The number of carbonyl (C=O) groups is 1. The smallest absolute Gasteiger partial charge is 0.259 e. The number of pyridine rings is 1. The van der Waals surface area contributed by atoms with Crippen molar-refractivity contribution in [1.82, 2.24) is 14.2 Å². The van der Waals surface area contributed by atoms with E-state index in [1.807, 2.05) is 49.4 Å². The second kappa shape index (κ2) is 10.5. The first-order valence-electron chi connectivity index (χ1n) is 10.8. The number of aromatic nitrogens is 1. The number of sulfonamides is 1. The number of nitrogens with zero attached hydrogens (tertiary/aromatic N) is 3. The van der Waals surface area contributed by atoms with E-state index in [1.54, 1.807) is 24.1 Å². The largest absolute Gasteiger partial charge is 0.472 e. The summed E-state index contributed by atoms with van der Waals surface area (Å²) in [5.74, 6) is -0.319. The predicted octanol–water partition coefficient (Wildman–Crippen LogP) is 2.36. The predicted molar refractivity (Wildman–Crippen MR) is 128 cm³/mol. The highest BCUT2D eigenvalue weighted by Gasteiger charge is 2.35. The number of ether oxygens (including phenoxy) is 1. The zero-order valence-corrected chi connectivity index (χ0v) is 20.2. The Balaban J connectivity index is 1.99. The van der Waals surface area contributed by atoms with Gasteiger partial charge >= 0.3 is 0 Å². The molecule has 0 aliphatic carbocycles. The molecular formula is C24H31N3O5S. The lowest BCUT2D eigenvalue weighted by Crippen LogP contribution is -2.50. The molecule has 0 saturated carbocycles. The molecule has 2 aromatic rings. The van der Waals surface area contributed by atoms with Crippen molar-refractivity contribution in [3.63, 3.8) is 0 Å². The molecule has 178 valence electrons. The molecule has 1 aromatic heterocycles. The summed E-state index contributed by atoms with van der Waals surface area (Å²) in [4.78, 5) is 19.4. The molecule has 8 nitrogen and oxygen atoms in total. The summed E-state index contributed by atoms with van der Waals surface area (Å²) in [5.41, 5.74) is 2.02. The highest BCUT2D eigenvalue weighted by Crippen LogP contribution is 2.28. The van der Waals surface area contributed by atoms with E-state index in [-0.39, 0.29) is 36.4 Å². The van der Waals surface area contributed by atoms with Gasteiger partial charge in [0.2, 0.25) is 15.9 Å². The van der Waals surface area contributed by atoms with Crippen LogP contribution in [0.3, 0.4) is 0 Å². The number of hydrogen-bond donors (Lipinski definition) is 1. The minimum absolute atomic E-state index is 0.117. The maximum Gasteiger partial charge on any atom is 0.259 e. The Morgan fingerprint density at radius 3 is 2.58 bits per heavy atom. The van der Waals surface area contributed by atoms with Crippen molar-refractivity contribution >= 4 is 28.1 Å². The van der Waals surface area contributed by atoms with Gasteiger partial charge in [-0.15, -0.1) is 0 Å². The Morgan fingerprint density at radius 2 is 1.94 bits per heavy atom. The first-order chi connectivity index (χ1) is 15.6. The van der Waals surface area contributed by atoms with Gasteiger partial charge in [-0.05, 0) is 24.1 Å². The van der Waals surface area contributed by atoms with Crippen LogP contribution in [0.5, 0.6) is 5.88 Å². The number of aliphatic hydroxyl groups excluding tert-OH is 1. The maximum atomic E-state index is 13.4. The van der Waals surface area contributed by atoms with Crippen LogP contribution in [0, 0.1) is 5.92 Å². The van der Waals surface area contributed by atoms with Crippen molar-refractivity contribution in [2.24, 2.45) is 5.92 Å². The van der Waals surface area contributed by atoms with E-state index < -0.39 is 22.2 Å². The highest BCUT2D eigenvalue weighted by molar-refractivity contribution is 7.88. The number of fused-ring (bicyclic) bond motifs is 1. The molecule has 0 radical (unpaired) electrons. The van der Waals surface area contributed by atoms with Crippen molar-refractivity contribution in [3.8, 4) is 5.88 Å². The van der Waals surface area contributed by atoms with Crippen molar-refractivity contribution in [2.75, 3.05) is 33.0 Å². The third kappa shape index (κ3) is 6.19. The van der Waals surface area contributed by atoms with Crippen LogP contribution in [-0.4, -0.2) is 78.8 Å². The average Bonchev–Trinajstić information content (AvgIpc) is 2.79. The van der Waals surface area contributed by atoms with Gasteiger partial charge in [-0.3, -0.25) is 4.79 Å². The molecule has 1 aromatic carbocycles. The Bertz CT molecular complexity index is 1100. The zero-order chi connectivity index (χ0) is 24.2. The van der Waals surface area contributed by atoms with Crippen LogP contribution in [0.15, 0.2) is 42.6 Å². The van der Waals surface area contributed by atoms with Crippen LogP contribution in [0.1, 0.15) is 35.3 Å². The molecule has 0 spiro atoms. The van der Waals surface area contributed by atoms with E-state index in [0.717, 1.165) is 17.4 Å². The fraction of sp³-hybridized carbons (Fsp3) is 0.417. The van der Waals surface area contributed by atoms with E-state index in [4.69, 9.17) is 4.74 Å². The van der Waals surface area contributed by atoms with E-state index in [1.165, 1.54) is 11.4 Å². The van der Waals surface area contributed by atoms with Crippen molar-refractivity contribution in [3.05, 3.63) is 59.3 Å². The van der Waals surface area contributed by atoms with Crippen LogP contribution in [0.4, 0.5) is 0 Å². The molecule has 1 aliphatic rings. The lowest BCUT2D eigenvalue weighted by atomic mass is 10.00. The summed E-state index contributed by atoms with van der Waals surface area (Å²) in [5, 5.41) is 9.74. The first-order valence-corrected chi connectivity index (χ1v) is 12.7. The van der Waals surface area contributed by atoms with E-state index >= 15 is 0 Å². The third-order valence-electron chi connectivity index (χ3n) is 5.81. The third-order valence-corrected chi connectivity index (χ3v) is 7.09. The number of rotatable bonds is 7. The summed E-state index contributed by atoms with van der Waals surface area (Å²) in [6, 6.07) is 11.1. The molecular weight excluding hydrogens is 442 g/mol. The van der Waals surface area contributed by atoms with Gasteiger partial charge in [0.15, 0.2) is 0 Å². The molecule has 1 aliphatic heterocycles. The second-order valence-corrected chi connectivity index (χ2v) is 10.6. The van der Waals surface area contributed by atoms with Crippen LogP contribution >= 0.6 is 0 Å². The lowest BCUT2D eigenvalue weighted by Gasteiger charge is -2.37. The minimum Gasteiger partial charge on any atom is -0.472 e. The van der Waals surface area contributed by atoms with Crippen LogP contribution in [0.25, 0.3) is 12.2 Å². The summed E-state index contributed by atoms with van der Waals surface area (Å²) in [6.45, 7) is 3.91. The van der Waals surface area contributed by atoms with Crippen LogP contribution < -0.4 is 4.74 Å². The highest BCUT2D eigenvalue weighted by atomic mass is 32.2. The summed E-state index contributed by atoms with van der Waals surface area (Å²) >= 11 is 0. The normalized spacial score (nSPS) is 20.3. The lowest BCUT2D eigenvalue weighted by molar-refractivity contribution is 0.0373. The molecule has 3 atom stereocenters. The number of amides is 1. The van der Waals surface area contributed by atoms with Gasteiger partial charge in [0.05, 0.1) is 25.4 Å². The Hall–Kier alpha value is -2.75. The van der Waals surface area contributed by atoms with E-state index in [0.29, 0.717) is 6.54 Å². The number of carbonyl (C=O) groups excluding carboxylic acids is 1. The van der Waals surface area contributed by atoms with Gasteiger partial charge in [-0.2, -0.15) is 0 Å². The second-order valence-electron chi connectivity index (χ2n) is 8.53.